The summed E-state index contributed by atoms with van der Waals surface area (Å²) in [6.07, 6.45) is 5.08. The summed E-state index contributed by atoms with van der Waals surface area (Å²) in [5, 5.41) is 0. The molecule has 1 spiro atoms. The van der Waals surface area contributed by atoms with Gasteiger partial charge in [0.15, 0.2) is 0 Å². The maximum absolute atomic E-state index is 13.0. The average Bonchev–Trinajstić information content (AvgIpc) is 2.82. The molecule has 7 heteroatoms. The minimum absolute atomic E-state index is 0.0410. The summed E-state index contributed by atoms with van der Waals surface area (Å²) in [5.74, 6) is 1.30. The summed E-state index contributed by atoms with van der Waals surface area (Å²) in [4.78, 5) is 21.3. The number of hydrogen-bond acceptors (Lipinski definition) is 6. The Morgan fingerprint density at radius 3 is 2.64 bits per heavy atom. The molecule has 2 aliphatic heterocycles. The van der Waals surface area contributed by atoms with Crippen LogP contribution in [0, 0.1) is 5.41 Å². The van der Waals surface area contributed by atoms with E-state index in [2.05, 4.69) is 35.1 Å². The summed E-state index contributed by atoms with van der Waals surface area (Å²) in [6, 6.07) is 13.5. The number of hydrogen-bond donors (Lipinski definition) is 1. The first kappa shape index (κ1) is 23.5. The molecule has 1 saturated heterocycles. The monoisotopic (exact) mass is 452 g/mol. The minimum Gasteiger partial charge on any atom is -0.493 e. The summed E-state index contributed by atoms with van der Waals surface area (Å²) in [6.45, 7) is 5.38. The number of amides is 1. The van der Waals surface area contributed by atoms with Crippen molar-refractivity contribution >= 4 is 11.7 Å². The maximum atomic E-state index is 13.0. The van der Waals surface area contributed by atoms with Gasteiger partial charge in [0, 0.05) is 43.8 Å². The van der Waals surface area contributed by atoms with Gasteiger partial charge in [0.1, 0.15) is 17.3 Å². The van der Waals surface area contributed by atoms with Crippen LogP contribution in [-0.2, 0) is 11.3 Å². The molecule has 2 N–H and O–H groups in total. The molecule has 0 saturated carbocycles. The van der Waals surface area contributed by atoms with E-state index in [9.17, 15) is 4.79 Å². The van der Waals surface area contributed by atoms with E-state index in [0.29, 0.717) is 31.2 Å². The van der Waals surface area contributed by atoms with Crippen molar-refractivity contribution in [1.29, 1.82) is 0 Å². The van der Waals surface area contributed by atoms with Crippen LogP contribution in [0.5, 0.6) is 5.75 Å². The van der Waals surface area contributed by atoms with E-state index in [1.54, 1.807) is 18.2 Å². The number of pyridine rings is 1. The van der Waals surface area contributed by atoms with E-state index in [0.717, 1.165) is 64.2 Å². The number of likely N-dealkylation sites (N-methyl/N-ethyl adjacent to an activating group) is 1. The van der Waals surface area contributed by atoms with Crippen LogP contribution in [-0.4, -0.2) is 67.2 Å². The smallest absolute Gasteiger partial charge is 0.272 e. The number of likely N-dealkylation sites (tertiary alicyclic amines) is 1. The Labute approximate surface area is 196 Å². The summed E-state index contributed by atoms with van der Waals surface area (Å²) >= 11 is 0. The van der Waals surface area contributed by atoms with Crippen LogP contribution in [0.15, 0.2) is 42.5 Å². The second kappa shape index (κ2) is 11.0. The lowest BCUT2D eigenvalue weighted by molar-refractivity contribution is 0.0330. The topological polar surface area (TPSA) is 80.9 Å². The average molecular weight is 453 g/mol. The van der Waals surface area contributed by atoms with Crippen LogP contribution in [0.4, 0.5) is 5.82 Å². The van der Waals surface area contributed by atoms with Crippen molar-refractivity contribution in [3.8, 4) is 5.75 Å². The van der Waals surface area contributed by atoms with Gasteiger partial charge < -0.3 is 20.1 Å². The van der Waals surface area contributed by atoms with Crippen molar-refractivity contribution in [1.82, 2.24) is 14.8 Å². The van der Waals surface area contributed by atoms with Crippen LogP contribution in [0.25, 0.3) is 0 Å². The van der Waals surface area contributed by atoms with Gasteiger partial charge in [-0.2, -0.15) is 0 Å². The SMILES string of the molecule is CN1CCOCCCCC2(CCN(C(=O)c3cccc(N)n3)CC2)COc2ccccc2C1. The highest BCUT2D eigenvalue weighted by Crippen LogP contribution is 2.38. The molecule has 1 fully saturated rings. The van der Waals surface area contributed by atoms with E-state index in [4.69, 9.17) is 15.2 Å². The minimum atomic E-state index is -0.0410. The van der Waals surface area contributed by atoms with Crippen molar-refractivity contribution in [2.24, 2.45) is 5.41 Å². The number of rotatable bonds is 1. The zero-order chi connectivity index (χ0) is 23.1. The molecule has 178 valence electrons. The highest BCUT2D eigenvalue weighted by atomic mass is 16.5. The number of nitrogens with two attached hydrogens (primary N) is 1. The van der Waals surface area contributed by atoms with Crippen LogP contribution in [0.2, 0.25) is 0 Å². The fourth-order valence-corrected chi connectivity index (χ4v) is 4.79. The summed E-state index contributed by atoms with van der Waals surface area (Å²) in [7, 11) is 2.12. The number of nitrogen functional groups attached to an aromatic ring is 1. The Bertz CT molecular complexity index is 927. The fourth-order valence-electron chi connectivity index (χ4n) is 4.79. The molecule has 33 heavy (non-hydrogen) atoms. The molecule has 0 atom stereocenters. The predicted molar refractivity (Wildman–Crippen MR) is 129 cm³/mol. The largest absolute Gasteiger partial charge is 0.493 e. The second-order valence-electron chi connectivity index (χ2n) is 9.44. The number of carbonyl (C=O) groups is 1. The van der Waals surface area contributed by atoms with Crippen molar-refractivity contribution < 1.29 is 14.3 Å². The highest BCUT2D eigenvalue weighted by molar-refractivity contribution is 5.92. The number of piperidine rings is 1. The molecule has 1 amide bonds. The normalized spacial score (nSPS) is 20.5. The van der Waals surface area contributed by atoms with E-state index in [-0.39, 0.29) is 11.3 Å². The predicted octanol–water partition coefficient (Wildman–Crippen LogP) is 3.60. The lowest BCUT2D eigenvalue weighted by Crippen LogP contribution is -2.45. The second-order valence-corrected chi connectivity index (χ2v) is 9.44. The molecule has 0 aliphatic carbocycles. The Balaban J connectivity index is 1.46. The van der Waals surface area contributed by atoms with Crippen molar-refractivity contribution in [3.05, 3.63) is 53.7 Å². The standard InChI is InChI=1S/C26H36N4O3/c1-29-16-18-32-17-5-4-11-26(20-33-23-9-3-2-7-21(23)19-29)12-14-30(15-13-26)25(31)22-8-6-10-24(27)28-22/h2-3,6-10H,4-5,11-20H2,1H3,(H2,27,28). The van der Waals surface area contributed by atoms with Crippen LogP contribution < -0.4 is 10.5 Å². The first-order chi connectivity index (χ1) is 16.0. The Morgan fingerprint density at radius 2 is 1.82 bits per heavy atom. The number of fused-ring (bicyclic) bond motifs is 1. The number of nitrogens with zero attached hydrogens (tertiary/aromatic N) is 3. The Morgan fingerprint density at radius 1 is 1.00 bits per heavy atom. The number of carbonyl (C=O) groups excluding carboxylic acids is 1. The molecule has 3 heterocycles. The van der Waals surface area contributed by atoms with E-state index >= 15 is 0 Å². The number of anilines is 1. The van der Waals surface area contributed by atoms with Gasteiger partial charge in [-0.05, 0) is 50.9 Å². The first-order valence-corrected chi connectivity index (χ1v) is 12.0. The van der Waals surface area contributed by atoms with Crippen LogP contribution in [0.1, 0.15) is 48.2 Å². The lowest BCUT2D eigenvalue weighted by Gasteiger charge is -2.42. The quantitative estimate of drug-likeness (QED) is 0.712. The molecule has 2 aromatic rings. The maximum Gasteiger partial charge on any atom is 0.272 e. The summed E-state index contributed by atoms with van der Waals surface area (Å²) < 4.78 is 12.4. The van der Waals surface area contributed by atoms with Gasteiger partial charge in [0.2, 0.25) is 0 Å². The molecule has 1 aromatic heterocycles. The Hall–Kier alpha value is -2.64. The zero-order valence-electron chi connectivity index (χ0n) is 19.7. The molecule has 1 aromatic carbocycles. The van der Waals surface area contributed by atoms with Gasteiger partial charge in [0.25, 0.3) is 5.91 Å². The van der Waals surface area contributed by atoms with Gasteiger partial charge in [-0.1, -0.05) is 30.7 Å². The Kier molecular flexibility index (Phi) is 7.83. The molecule has 0 radical (unpaired) electrons. The van der Waals surface area contributed by atoms with Crippen molar-refractivity contribution in [2.45, 2.75) is 38.6 Å². The number of aromatic nitrogens is 1. The molecule has 7 nitrogen and oxygen atoms in total. The fraction of sp³-hybridized carbons (Fsp3) is 0.538. The first-order valence-electron chi connectivity index (χ1n) is 12.0. The number of para-hydroxylation sites is 1. The van der Waals surface area contributed by atoms with E-state index < -0.39 is 0 Å². The van der Waals surface area contributed by atoms with Gasteiger partial charge in [-0.15, -0.1) is 0 Å². The van der Waals surface area contributed by atoms with Crippen molar-refractivity contribution in [2.75, 3.05) is 52.2 Å². The zero-order valence-corrected chi connectivity index (χ0v) is 19.7. The van der Waals surface area contributed by atoms with E-state index in [1.165, 1.54) is 5.56 Å². The van der Waals surface area contributed by atoms with E-state index in [1.807, 2.05) is 11.0 Å². The summed E-state index contributed by atoms with van der Waals surface area (Å²) in [5.41, 5.74) is 7.46. The van der Waals surface area contributed by atoms with Crippen LogP contribution >= 0.6 is 0 Å². The van der Waals surface area contributed by atoms with Gasteiger partial charge in [-0.25, -0.2) is 4.98 Å². The van der Waals surface area contributed by atoms with Crippen molar-refractivity contribution in [3.63, 3.8) is 0 Å². The molecule has 0 bridgehead atoms. The molecule has 4 rings (SSSR count). The van der Waals surface area contributed by atoms with Gasteiger partial charge in [-0.3, -0.25) is 9.69 Å². The van der Waals surface area contributed by atoms with Gasteiger partial charge in [0.05, 0.1) is 13.2 Å². The number of ether oxygens (including phenoxy) is 2. The third kappa shape index (κ3) is 6.24. The lowest BCUT2D eigenvalue weighted by atomic mass is 9.75. The third-order valence-electron chi connectivity index (χ3n) is 6.91. The van der Waals surface area contributed by atoms with Crippen LogP contribution in [0.3, 0.4) is 0 Å². The molecular weight excluding hydrogens is 416 g/mol. The molecule has 0 unspecified atom stereocenters. The molecular formula is C26H36N4O3. The molecule has 2 aliphatic rings. The number of benzene rings is 1. The van der Waals surface area contributed by atoms with Gasteiger partial charge >= 0.3 is 0 Å². The third-order valence-corrected chi connectivity index (χ3v) is 6.91. The highest BCUT2D eigenvalue weighted by Gasteiger charge is 2.37.